The molecule has 29 heavy (non-hydrogen) atoms. The second kappa shape index (κ2) is 10.2. The van der Waals surface area contributed by atoms with E-state index in [0.717, 1.165) is 0 Å². The molecule has 2 aromatic carbocycles. The predicted molar refractivity (Wildman–Crippen MR) is 110 cm³/mol. The van der Waals surface area contributed by atoms with Gasteiger partial charge in [0.2, 0.25) is 5.91 Å². The van der Waals surface area contributed by atoms with Crippen LogP contribution in [0, 0.1) is 10.1 Å². The third-order valence-corrected chi connectivity index (χ3v) is 4.32. The standard InChI is InChI=1S/C21H25N3O5/c1-4-13-23(15(3)20(25)22-17-9-7-6-8-10-17)21(26)16-11-12-19(29-5-2)18(14-16)24(27)28/h6-12,14-15H,4-5,13H2,1-3H3,(H,22,25). The van der Waals surface area contributed by atoms with Crippen molar-refractivity contribution in [2.45, 2.75) is 33.2 Å². The van der Waals surface area contributed by atoms with Crippen molar-refractivity contribution < 1.29 is 19.2 Å². The molecule has 1 atom stereocenters. The Morgan fingerprint density at radius 2 is 1.86 bits per heavy atom. The highest BCUT2D eigenvalue weighted by molar-refractivity contribution is 6.01. The van der Waals surface area contributed by atoms with Crippen LogP contribution in [0.3, 0.4) is 0 Å². The molecule has 154 valence electrons. The highest BCUT2D eigenvalue weighted by Gasteiger charge is 2.28. The van der Waals surface area contributed by atoms with Gasteiger partial charge in [-0.05, 0) is 44.5 Å². The Labute approximate surface area is 169 Å². The summed E-state index contributed by atoms with van der Waals surface area (Å²) >= 11 is 0. The zero-order valence-corrected chi connectivity index (χ0v) is 16.8. The Balaban J connectivity index is 2.27. The fraction of sp³-hybridized carbons (Fsp3) is 0.333. The Morgan fingerprint density at radius 1 is 1.17 bits per heavy atom. The highest BCUT2D eigenvalue weighted by Crippen LogP contribution is 2.28. The Bertz CT molecular complexity index is 870. The maximum Gasteiger partial charge on any atom is 0.311 e. The van der Waals surface area contributed by atoms with Crippen molar-refractivity contribution in [1.29, 1.82) is 0 Å². The van der Waals surface area contributed by atoms with E-state index in [1.165, 1.54) is 23.1 Å². The van der Waals surface area contributed by atoms with E-state index in [2.05, 4.69) is 5.32 Å². The van der Waals surface area contributed by atoms with E-state index in [1.54, 1.807) is 38.1 Å². The summed E-state index contributed by atoms with van der Waals surface area (Å²) in [6.07, 6.45) is 0.633. The first kappa shape index (κ1) is 21.9. The first-order valence-electron chi connectivity index (χ1n) is 9.47. The number of nitrogens with zero attached hydrogens (tertiary/aromatic N) is 2. The zero-order valence-electron chi connectivity index (χ0n) is 16.8. The van der Waals surface area contributed by atoms with E-state index >= 15 is 0 Å². The zero-order chi connectivity index (χ0) is 21.4. The van der Waals surface area contributed by atoms with Gasteiger partial charge in [-0.1, -0.05) is 25.1 Å². The number of nitro groups is 1. The van der Waals surface area contributed by atoms with Crippen LogP contribution >= 0.6 is 0 Å². The van der Waals surface area contributed by atoms with Crippen molar-refractivity contribution in [1.82, 2.24) is 4.90 Å². The summed E-state index contributed by atoms with van der Waals surface area (Å²) in [7, 11) is 0. The van der Waals surface area contributed by atoms with Gasteiger partial charge in [0.25, 0.3) is 5.91 Å². The number of hydrogen-bond acceptors (Lipinski definition) is 5. The predicted octanol–water partition coefficient (Wildman–Crippen LogP) is 3.87. The Kier molecular flexibility index (Phi) is 7.70. The normalized spacial score (nSPS) is 11.4. The Morgan fingerprint density at radius 3 is 2.45 bits per heavy atom. The maximum absolute atomic E-state index is 13.1. The number of carbonyl (C=O) groups is 2. The van der Waals surface area contributed by atoms with E-state index in [-0.39, 0.29) is 29.5 Å². The fourth-order valence-electron chi connectivity index (χ4n) is 2.86. The van der Waals surface area contributed by atoms with Crippen LogP contribution < -0.4 is 10.1 Å². The van der Waals surface area contributed by atoms with Crippen LogP contribution in [0.1, 0.15) is 37.6 Å². The molecule has 0 heterocycles. The van der Waals surface area contributed by atoms with E-state index in [4.69, 9.17) is 4.74 Å². The molecule has 0 spiro atoms. The second-order valence-electron chi connectivity index (χ2n) is 6.40. The van der Waals surface area contributed by atoms with Crippen LogP contribution in [0.5, 0.6) is 5.75 Å². The molecule has 0 aliphatic heterocycles. The quantitative estimate of drug-likeness (QED) is 0.509. The smallest absolute Gasteiger partial charge is 0.311 e. The van der Waals surface area contributed by atoms with Crippen molar-refractivity contribution >= 4 is 23.2 Å². The highest BCUT2D eigenvalue weighted by atomic mass is 16.6. The summed E-state index contributed by atoms with van der Waals surface area (Å²) in [6, 6.07) is 12.3. The maximum atomic E-state index is 13.1. The molecule has 2 rings (SSSR count). The first-order chi connectivity index (χ1) is 13.9. The molecular weight excluding hydrogens is 374 g/mol. The molecule has 1 unspecified atom stereocenters. The van der Waals surface area contributed by atoms with Crippen molar-refractivity contribution in [3.8, 4) is 5.75 Å². The van der Waals surface area contributed by atoms with Crippen molar-refractivity contribution in [2.24, 2.45) is 0 Å². The van der Waals surface area contributed by atoms with Gasteiger partial charge in [-0.25, -0.2) is 0 Å². The van der Waals surface area contributed by atoms with Gasteiger partial charge in [0.1, 0.15) is 6.04 Å². The largest absolute Gasteiger partial charge is 0.487 e. The van der Waals surface area contributed by atoms with Gasteiger partial charge in [-0.3, -0.25) is 19.7 Å². The molecular formula is C21H25N3O5. The summed E-state index contributed by atoms with van der Waals surface area (Å²) in [5.41, 5.74) is 0.480. The minimum atomic E-state index is -0.756. The van der Waals surface area contributed by atoms with Gasteiger partial charge in [0.15, 0.2) is 5.75 Å². The van der Waals surface area contributed by atoms with E-state index in [1.807, 2.05) is 13.0 Å². The number of carbonyl (C=O) groups excluding carboxylic acids is 2. The van der Waals surface area contributed by atoms with E-state index in [0.29, 0.717) is 18.7 Å². The number of rotatable bonds is 9. The molecule has 0 aromatic heterocycles. The molecule has 0 aliphatic carbocycles. The topological polar surface area (TPSA) is 102 Å². The first-order valence-corrected chi connectivity index (χ1v) is 9.47. The van der Waals surface area contributed by atoms with Crippen LogP contribution in [-0.2, 0) is 4.79 Å². The summed E-state index contributed by atoms with van der Waals surface area (Å²) in [6.45, 7) is 5.85. The number of amides is 2. The molecule has 2 amide bonds. The molecule has 2 aromatic rings. The molecule has 0 saturated carbocycles. The van der Waals surface area contributed by atoms with Gasteiger partial charge in [-0.15, -0.1) is 0 Å². The summed E-state index contributed by atoms with van der Waals surface area (Å²) in [5, 5.41) is 14.1. The minimum Gasteiger partial charge on any atom is -0.487 e. The summed E-state index contributed by atoms with van der Waals surface area (Å²) < 4.78 is 5.26. The van der Waals surface area contributed by atoms with Gasteiger partial charge < -0.3 is 15.0 Å². The van der Waals surface area contributed by atoms with E-state index in [9.17, 15) is 19.7 Å². The van der Waals surface area contributed by atoms with E-state index < -0.39 is 16.9 Å². The van der Waals surface area contributed by atoms with Crippen LogP contribution in [0.25, 0.3) is 0 Å². The average Bonchev–Trinajstić information content (AvgIpc) is 2.72. The minimum absolute atomic E-state index is 0.103. The molecule has 0 aliphatic rings. The molecule has 0 radical (unpaired) electrons. The van der Waals surface area contributed by atoms with Gasteiger partial charge in [0.05, 0.1) is 11.5 Å². The third kappa shape index (κ3) is 5.54. The van der Waals surface area contributed by atoms with Crippen LogP contribution in [0.2, 0.25) is 0 Å². The van der Waals surface area contributed by atoms with Gasteiger partial charge >= 0.3 is 5.69 Å². The molecule has 0 saturated heterocycles. The average molecular weight is 399 g/mol. The fourth-order valence-corrected chi connectivity index (χ4v) is 2.86. The Hall–Kier alpha value is -3.42. The summed E-state index contributed by atoms with van der Waals surface area (Å²) in [5.74, 6) is -0.682. The number of ether oxygens (including phenoxy) is 1. The molecule has 8 nitrogen and oxygen atoms in total. The SMILES string of the molecule is CCCN(C(=O)c1ccc(OCC)c([N+](=O)[O-])c1)C(C)C(=O)Nc1ccccc1. The van der Waals surface area contributed by atoms with Crippen LogP contribution in [0.4, 0.5) is 11.4 Å². The lowest BCUT2D eigenvalue weighted by atomic mass is 10.1. The molecule has 0 bridgehead atoms. The molecule has 0 fully saturated rings. The van der Waals surface area contributed by atoms with Crippen molar-refractivity contribution in [3.05, 3.63) is 64.2 Å². The number of nitro benzene ring substituents is 1. The number of anilines is 1. The second-order valence-corrected chi connectivity index (χ2v) is 6.40. The van der Waals surface area contributed by atoms with Crippen molar-refractivity contribution in [2.75, 3.05) is 18.5 Å². The van der Waals surface area contributed by atoms with Crippen molar-refractivity contribution in [3.63, 3.8) is 0 Å². The van der Waals surface area contributed by atoms with Gasteiger partial charge in [0, 0.05) is 23.9 Å². The number of benzene rings is 2. The van der Waals surface area contributed by atoms with Gasteiger partial charge in [-0.2, -0.15) is 0 Å². The number of nitrogens with one attached hydrogen (secondary N) is 1. The molecule has 1 N–H and O–H groups in total. The van der Waals surface area contributed by atoms with Crippen LogP contribution in [-0.4, -0.2) is 40.8 Å². The lowest BCUT2D eigenvalue weighted by Crippen LogP contribution is -2.46. The lowest BCUT2D eigenvalue weighted by molar-refractivity contribution is -0.385. The number of para-hydroxylation sites is 1. The summed E-state index contributed by atoms with van der Waals surface area (Å²) in [4.78, 5) is 37.9. The van der Waals surface area contributed by atoms with Crippen LogP contribution in [0.15, 0.2) is 48.5 Å². The number of hydrogen-bond donors (Lipinski definition) is 1. The monoisotopic (exact) mass is 399 g/mol. The lowest BCUT2D eigenvalue weighted by Gasteiger charge is -2.28. The molecule has 8 heteroatoms. The third-order valence-electron chi connectivity index (χ3n) is 4.32.